The van der Waals surface area contributed by atoms with Gasteiger partial charge in [-0.25, -0.2) is 0 Å². The van der Waals surface area contributed by atoms with Gasteiger partial charge in [0.1, 0.15) is 0 Å². The highest BCUT2D eigenvalue weighted by atomic mass is 16.3. The summed E-state index contributed by atoms with van der Waals surface area (Å²) in [5.74, 6) is 0. The van der Waals surface area contributed by atoms with Gasteiger partial charge < -0.3 is 11.3 Å². The zero-order chi connectivity index (χ0) is 4.99. The van der Waals surface area contributed by atoms with E-state index in [2.05, 4.69) is 6.92 Å². The second kappa shape index (κ2) is 5.92. The molecule has 0 aliphatic carbocycles. The van der Waals surface area contributed by atoms with Crippen molar-refractivity contribution >= 4 is 0 Å². The van der Waals surface area contributed by atoms with Gasteiger partial charge in [0.25, 0.3) is 0 Å². The topological polar surface area (TPSA) is 55.2 Å². The van der Waals surface area contributed by atoms with Gasteiger partial charge in [-0.1, -0.05) is 13.3 Å². The quantitative estimate of drug-likeness (QED) is 0.556. The first-order chi connectivity index (χ1) is 2.77. The minimum Gasteiger partial charge on any atom is -0.393 e. The van der Waals surface area contributed by atoms with Crippen molar-refractivity contribution in [3.05, 3.63) is 0 Å². The Hall–Kier alpha value is -0.0800. The van der Waals surface area contributed by atoms with Crippen LogP contribution in [0, 0.1) is 0 Å². The van der Waals surface area contributed by atoms with Crippen LogP contribution in [0.2, 0.25) is 0 Å². The molecule has 0 radical (unpaired) electrons. The normalized spacial score (nSPS) is 12.4. The Kier molecular flexibility index (Phi) is 8.47. The lowest BCUT2D eigenvalue weighted by Gasteiger charge is -1.95. The number of hydrogen-bond acceptors (Lipinski definition) is 2. The molecular formula is C5H15NO. The minimum atomic E-state index is -0.102. The molecular weight excluding hydrogens is 90.1 g/mol. The van der Waals surface area contributed by atoms with Gasteiger partial charge in [-0.15, -0.1) is 0 Å². The lowest BCUT2D eigenvalue weighted by molar-refractivity contribution is 0.183. The van der Waals surface area contributed by atoms with E-state index in [1.165, 1.54) is 0 Å². The molecule has 7 heavy (non-hydrogen) atoms. The molecule has 4 N–H and O–H groups in total. The van der Waals surface area contributed by atoms with Crippen molar-refractivity contribution in [2.24, 2.45) is 0 Å². The van der Waals surface area contributed by atoms with Crippen LogP contribution >= 0.6 is 0 Å². The van der Waals surface area contributed by atoms with Crippen LogP contribution in [0.3, 0.4) is 0 Å². The Morgan fingerprint density at radius 1 is 1.57 bits per heavy atom. The van der Waals surface area contributed by atoms with Crippen molar-refractivity contribution in [1.82, 2.24) is 6.15 Å². The van der Waals surface area contributed by atoms with Crippen LogP contribution in [0.15, 0.2) is 0 Å². The van der Waals surface area contributed by atoms with Gasteiger partial charge in [0.15, 0.2) is 0 Å². The molecule has 46 valence electrons. The molecule has 0 aromatic carbocycles. The molecule has 0 saturated carbocycles. The number of rotatable bonds is 2. The summed E-state index contributed by atoms with van der Waals surface area (Å²) in [7, 11) is 0. The molecule has 0 aromatic rings. The van der Waals surface area contributed by atoms with Crippen molar-refractivity contribution in [1.29, 1.82) is 0 Å². The van der Waals surface area contributed by atoms with Gasteiger partial charge in [-0.05, 0) is 13.3 Å². The van der Waals surface area contributed by atoms with Crippen molar-refractivity contribution in [3.63, 3.8) is 0 Å². The van der Waals surface area contributed by atoms with E-state index in [1.807, 2.05) is 6.92 Å². The highest BCUT2D eigenvalue weighted by Gasteiger charge is 1.87. The Balaban J connectivity index is 0. The van der Waals surface area contributed by atoms with Crippen LogP contribution in [0.25, 0.3) is 0 Å². The molecule has 0 rings (SSSR count). The lowest BCUT2D eigenvalue weighted by atomic mass is 10.2. The van der Waals surface area contributed by atoms with E-state index in [-0.39, 0.29) is 12.3 Å². The van der Waals surface area contributed by atoms with Crippen LogP contribution in [-0.4, -0.2) is 11.2 Å². The second-order valence-corrected chi connectivity index (χ2v) is 1.64. The minimum absolute atomic E-state index is 0. The van der Waals surface area contributed by atoms with E-state index < -0.39 is 0 Å². The Bertz CT molecular complexity index is 29.3. The summed E-state index contributed by atoms with van der Waals surface area (Å²) in [6, 6.07) is 0. The summed E-state index contributed by atoms with van der Waals surface area (Å²) >= 11 is 0. The van der Waals surface area contributed by atoms with Crippen LogP contribution in [0.4, 0.5) is 0 Å². The standard InChI is InChI=1S/C5H12O.H3N/c1-3-4-5(2)6;/h5-6H,3-4H2,1-2H3;1H3. The fraction of sp³-hybridized carbons (Fsp3) is 1.00. The zero-order valence-electron chi connectivity index (χ0n) is 5.15. The van der Waals surface area contributed by atoms with Crippen molar-refractivity contribution < 1.29 is 5.11 Å². The van der Waals surface area contributed by atoms with Crippen molar-refractivity contribution in [2.75, 3.05) is 0 Å². The Morgan fingerprint density at radius 3 is 2.00 bits per heavy atom. The predicted molar refractivity (Wildman–Crippen MR) is 31.6 cm³/mol. The first kappa shape index (κ1) is 10.0. The molecule has 0 saturated heterocycles. The van der Waals surface area contributed by atoms with Crippen molar-refractivity contribution in [2.45, 2.75) is 32.8 Å². The van der Waals surface area contributed by atoms with Gasteiger partial charge in [-0.3, -0.25) is 0 Å². The average Bonchev–Trinajstić information content (AvgIpc) is 1.35. The predicted octanol–water partition coefficient (Wildman–Crippen LogP) is 1.33. The van der Waals surface area contributed by atoms with Gasteiger partial charge in [0.05, 0.1) is 6.10 Å². The molecule has 0 aliphatic heterocycles. The first-order valence-corrected chi connectivity index (χ1v) is 2.45. The third-order valence-corrected chi connectivity index (χ3v) is 0.706. The largest absolute Gasteiger partial charge is 0.393 e. The van der Waals surface area contributed by atoms with Crippen LogP contribution in [0.5, 0.6) is 0 Å². The Morgan fingerprint density at radius 2 is 2.00 bits per heavy atom. The maximum atomic E-state index is 8.55. The summed E-state index contributed by atoms with van der Waals surface area (Å²) in [5.41, 5.74) is 0. The lowest BCUT2D eigenvalue weighted by Crippen LogP contribution is -1.95. The number of hydrogen-bond donors (Lipinski definition) is 2. The maximum absolute atomic E-state index is 8.55. The molecule has 2 nitrogen and oxygen atoms in total. The molecule has 0 aliphatic rings. The van der Waals surface area contributed by atoms with E-state index in [1.54, 1.807) is 0 Å². The summed E-state index contributed by atoms with van der Waals surface area (Å²) < 4.78 is 0. The van der Waals surface area contributed by atoms with Crippen LogP contribution in [0.1, 0.15) is 26.7 Å². The van der Waals surface area contributed by atoms with Crippen molar-refractivity contribution in [3.8, 4) is 0 Å². The molecule has 1 unspecified atom stereocenters. The van der Waals surface area contributed by atoms with E-state index in [4.69, 9.17) is 5.11 Å². The second-order valence-electron chi connectivity index (χ2n) is 1.64. The molecule has 0 amide bonds. The fourth-order valence-electron chi connectivity index (χ4n) is 0.418. The van der Waals surface area contributed by atoms with Crippen LogP contribution < -0.4 is 6.15 Å². The van der Waals surface area contributed by atoms with Gasteiger partial charge in [0, 0.05) is 0 Å². The van der Waals surface area contributed by atoms with Gasteiger partial charge in [-0.2, -0.15) is 0 Å². The third-order valence-electron chi connectivity index (χ3n) is 0.706. The highest BCUT2D eigenvalue weighted by molar-refractivity contribution is 4.40. The van der Waals surface area contributed by atoms with E-state index in [0.29, 0.717) is 0 Å². The summed E-state index contributed by atoms with van der Waals surface area (Å²) in [6.45, 7) is 3.87. The molecule has 1 atom stereocenters. The molecule has 0 fully saturated rings. The summed E-state index contributed by atoms with van der Waals surface area (Å²) in [4.78, 5) is 0. The molecule has 2 heteroatoms. The monoisotopic (exact) mass is 105 g/mol. The summed E-state index contributed by atoms with van der Waals surface area (Å²) in [5, 5.41) is 8.55. The molecule has 0 heterocycles. The summed E-state index contributed by atoms with van der Waals surface area (Å²) in [6.07, 6.45) is 1.91. The molecule has 0 bridgehead atoms. The fourth-order valence-corrected chi connectivity index (χ4v) is 0.418. The van der Waals surface area contributed by atoms with E-state index in [9.17, 15) is 0 Å². The zero-order valence-corrected chi connectivity index (χ0v) is 5.15. The highest BCUT2D eigenvalue weighted by Crippen LogP contribution is 1.91. The van der Waals surface area contributed by atoms with E-state index >= 15 is 0 Å². The maximum Gasteiger partial charge on any atom is 0.0512 e. The van der Waals surface area contributed by atoms with Gasteiger partial charge >= 0.3 is 0 Å². The average molecular weight is 105 g/mol. The van der Waals surface area contributed by atoms with Gasteiger partial charge in [0.2, 0.25) is 0 Å². The van der Waals surface area contributed by atoms with E-state index in [0.717, 1.165) is 12.8 Å². The number of aliphatic hydroxyl groups is 1. The molecule has 0 aromatic heterocycles. The Labute approximate surface area is 45.1 Å². The SMILES string of the molecule is CCCC(C)O.N. The first-order valence-electron chi connectivity index (χ1n) is 2.45. The van der Waals surface area contributed by atoms with Crippen LogP contribution in [-0.2, 0) is 0 Å². The number of aliphatic hydroxyl groups excluding tert-OH is 1. The smallest absolute Gasteiger partial charge is 0.0512 e. The third kappa shape index (κ3) is 10.7. The molecule has 0 spiro atoms.